The van der Waals surface area contributed by atoms with E-state index in [1.165, 1.54) is 12.1 Å². The SMILES string of the molecule is CC(C)c1nc(-c2cccc(C(F)(F)F)c2)[nH]c(=O)c1I. The van der Waals surface area contributed by atoms with Gasteiger partial charge in [-0.2, -0.15) is 13.2 Å². The molecule has 0 spiro atoms. The first-order chi connectivity index (χ1) is 9.70. The molecule has 0 bridgehead atoms. The van der Waals surface area contributed by atoms with Crippen LogP contribution in [0.1, 0.15) is 31.0 Å². The summed E-state index contributed by atoms with van der Waals surface area (Å²) in [5.74, 6) is 0.152. The second kappa shape index (κ2) is 5.78. The highest BCUT2D eigenvalue weighted by Gasteiger charge is 2.30. The Kier molecular flexibility index (Phi) is 4.40. The van der Waals surface area contributed by atoms with Crippen molar-refractivity contribution >= 4 is 22.6 Å². The lowest BCUT2D eigenvalue weighted by Crippen LogP contribution is -2.17. The molecule has 112 valence electrons. The predicted molar refractivity (Wildman–Crippen MR) is 82.1 cm³/mol. The second-order valence-corrected chi connectivity index (χ2v) is 5.93. The van der Waals surface area contributed by atoms with Crippen molar-refractivity contribution in [1.29, 1.82) is 0 Å². The monoisotopic (exact) mass is 408 g/mol. The number of rotatable bonds is 2. The fraction of sp³-hybridized carbons (Fsp3) is 0.286. The first-order valence-corrected chi connectivity index (χ1v) is 7.25. The van der Waals surface area contributed by atoms with E-state index in [9.17, 15) is 18.0 Å². The molecule has 0 saturated heterocycles. The van der Waals surface area contributed by atoms with Crippen LogP contribution in [0.2, 0.25) is 0 Å². The van der Waals surface area contributed by atoms with Crippen molar-refractivity contribution < 1.29 is 13.2 Å². The van der Waals surface area contributed by atoms with Gasteiger partial charge >= 0.3 is 6.18 Å². The molecule has 0 aliphatic carbocycles. The number of alkyl halides is 3. The van der Waals surface area contributed by atoms with Gasteiger partial charge in [0.05, 0.1) is 14.8 Å². The lowest BCUT2D eigenvalue weighted by molar-refractivity contribution is -0.137. The van der Waals surface area contributed by atoms with Gasteiger partial charge in [-0.05, 0) is 40.6 Å². The molecule has 1 N–H and O–H groups in total. The molecule has 2 aromatic rings. The Hall–Kier alpha value is -1.38. The van der Waals surface area contributed by atoms with Crippen LogP contribution < -0.4 is 5.56 Å². The molecule has 2 rings (SSSR count). The number of hydrogen-bond donors (Lipinski definition) is 1. The van der Waals surface area contributed by atoms with Crippen LogP contribution in [0.4, 0.5) is 13.2 Å². The average molecular weight is 408 g/mol. The summed E-state index contributed by atoms with van der Waals surface area (Å²) in [7, 11) is 0. The highest BCUT2D eigenvalue weighted by molar-refractivity contribution is 14.1. The molecule has 0 atom stereocenters. The number of aromatic nitrogens is 2. The van der Waals surface area contributed by atoms with Gasteiger partial charge in [0.2, 0.25) is 0 Å². The zero-order valence-corrected chi connectivity index (χ0v) is 13.4. The van der Waals surface area contributed by atoms with Crippen molar-refractivity contribution in [3.8, 4) is 11.4 Å². The standard InChI is InChI=1S/C14H12F3IN2O/c1-7(2)11-10(18)13(21)20-12(19-11)8-4-3-5-9(6-8)14(15,16)17/h3-7H,1-2H3,(H,19,20,21). The van der Waals surface area contributed by atoms with Crippen LogP contribution in [-0.4, -0.2) is 9.97 Å². The molecule has 0 unspecified atom stereocenters. The Morgan fingerprint density at radius 2 is 1.95 bits per heavy atom. The molecule has 1 heterocycles. The minimum absolute atomic E-state index is 0.00347. The van der Waals surface area contributed by atoms with E-state index in [0.717, 1.165) is 12.1 Å². The molecule has 0 amide bonds. The van der Waals surface area contributed by atoms with Gasteiger partial charge in [-0.1, -0.05) is 26.0 Å². The van der Waals surface area contributed by atoms with E-state index < -0.39 is 11.7 Å². The summed E-state index contributed by atoms with van der Waals surface area (Å²) >= 11 is 1.89. The summed E-state index contributed by atoms with van der Waals surface area (Å²) in [6.45, 7) is 3.75. The van der Waals surface area contributed by atoms with Gasteiger partial charge in [-0.3, -0.25) is 4.79 Å². The predicted octanol–water partition coefficient (Wildman–Crippen LogP) is 4.18. The zero-order valence-electron chi connectivity index (χ0n) is 11.3. The maximum absolute atomic E-state index is 12.7. The number of H-pyrrole nitrogens is 1. The second-order valence-electron chi connectivity index (χ2n) is 4.85. The maximum Gasteiger partial charge on any atom is 0.416 e. The van der Waals surface area contributed by atoms with E-state index in [2.05, 4.69) is 9.97 Å². The van der Waals surface area contributed by atoms with E-state index in [4.69, 9.17) is 0 Å². The first kappa shape index (κ1) is 16.0. The van der Waals surface area contributed by atoms with Crippen LogP contribution in [0.3, 0.4) is 0 Å². The maximum atomic E-state index is 12.7. The third-order valence-corrected chi connectivity index (χ3v) is 3.94. The van der Waals surface area contributed by atoms with Crippen LogP contribution in [-0.2, 0) is 6.18 Å². The topological polar surface area (TPSA) is 45.8 Å². The van der Waals surface area contributed by atoms with E-state index in [0.29, 0.717) is 9.26 Å². The van der Waals surface area contributed by atoms with E-state index in [1.54, 1.807) is 0 Å². The Morgan fingerprint density at radius 3 is 2.52 bits per heavy atom. The molecule has 21 heavy (non-hydrogen) atoms. The van der Waals surface area contributed by atoms with Crippen molar-refractivity contribution in [2.24, 2.45) is 0 Å². The molecule has 7 heteroatoms. The largest absolute Gasteiger partial charge is 0.416 e. The van der Waals surface area contributed by atoms with Crippen molar-refractivity contribution in [2.75, 3.05) is 0 Å². The molecule has 1 aromatic heterocycles. The molecule has 0 fully saturated rings. The van der Waals surface area contributed by atoms with E-state index in [1.807, 2.05) is 36.4 Å². The van der Waals surface area contributed by atoms with Crippen LogP contribution in [0.5, 0.6) is 0 Å². The fourth-order valence-electron chi connectivity index (χ4n) is 1.84. The lowest BCUT2D eigenvalue weighted by Gasteiger charge is -2.11. The molecular weight excluding hydrogens is 396 g/mol. The molecular formula is C14H12F3IN2O. The van der Waals surface area contributed by atoms with E-state index in [-0.39, 0.29) is 22.9 Å². The third-order valence-electron chi connectivity index (χ3n) is 2.90. The zero-order chi connectivity index (χ0) is 15.8. The number of nitrogens with one attached hydrogen (secondary N) is 1. The van der Waals surface area contributed by atoms with Gasteiger partial charge < -0.3 is 4.98 Å². The summed E-state index contributed by atoms with van der Waals surface area (Å²) in [6.07, 6.45) is -4.43. The normalized spacial score (nSPS) is 12.0. The average Bonchev–Trinajstić information content (AvgIpc) is 2.40. The van der Waals surface area contributed by atoms with Crippen LogP contribution in [0, 0.1) is 3.57 Å². The molecule has 3 nitrogen and oxygen atoms in total. The number of nitrogens with zero attached hydrogens (tertiary/aromatic N) is 1. The van der Waals surface area contributed by atoms with Crippen LogP contribution in [0.15, 0.2) is 29.1 Å². The number of aromatic amines is 1. The van der Waals surface area contributed by atoms with Crippen molar-refractivity contribution in [3.63, 3.8) is 0 Å². The van der Waals surface area contributed by atoms with E-state index >= 15 is 0 Å². The fourth-order valence-corrected chi connectivity index (χ4v) is 2.72. The smallest absolute Gasteiger partial charge is 0.306 e. The van der Waals surface area contributed by atoms with Gasteiger partial charge in [0.25, 0.3) is 5.56 Å². The molecule has 0 aliphatic heterocycles. The molecule has 0 saturated carbocycles. The van der Waals surface area contributed by atoms with Gasteiger partial charge in [0.15, 0.2) is 0 Å². The van der Waals surface area contributed by atoms with Crippen LogP contribution in [0.25, 0.3) is 11.4 Å². The minimum Gasteiger partial charge on any atom is -0.306 e. The molecule has 0 radical (unpaired) electrons. The van der Waals surface area contributed by atoms with Crippen LogP contribution >= 0.6 is 22.6 Å². The van der Waals surface area contributed by atoms with Gasteiger partial charge in [-0.15, -0.1) is 0 Å². The molecule has 0 aliphatic rings. The Bertz CT molecular complexity index is 723. The Balaban J connectivity index is 2.60. The van der Waals surface area contributed by atoms with Crippen molar-refractivity contribution in [2.45, 2.75) is 25.9 Å². The lowest BCUT2D eigenvalue weighted by atomic mass is 10.1. The Morgan fingerprint density at radius 1 is 1.29 bits per heavy atom. The number of benzene rings is 1. The highest BCUT2D eigenvalue weighted by atomic mass is 127. The number of halogens is 4. The summed E-state index contributed by atoms with van der Waals surface area (Å²) in [6, 6.07) is 4.75. The van der Waals surface area contributed by atoms with Gasteiger partial charge in [0, 0.05) is 5.56 Å². The first-order valence-electron chi connectivity index (χ1n) is 6.17. The summed E-state index contributed by atoms with van der Waals surface area (Å²) < 4.78 is 38.7. The minimum atomic E-state index is -4.43. The summed E-state index contributed by atoms with van der Waals surface area (Å²) in [5.41, 5.74) is -0.305. The van der Waals surface area contributed by atoms with Gasteiger partial charge in [-0.25, -0.2) is 4.98 Å². The van der Waals surface area contributed by atoms with Crippen molar-refractivity contribution in [1.82, 2.24) is 9.97 Å². The highest BCUT2D eigenvalue weighted by Crippen LogP contribution is 2.31. The molecule has 1 aromatic carbocycles. The summed E-state index contributed by atoms with van der Waals surface area (Å²) in [4.78, 5) is 18.7. The quantitative estimate of drug-likeness (QED) is 0.758. The van der Waals surface area contributed by atoms with Gasteiger partial charge in [0.1, 0.15) is 5.82 Å². The Labute approximate surface area is 132 Å². The third kappa shape index (κ3) is 3.45. The van der Waals surface area contributed by atoms with Crippen molar-refractivity contribution in [3.05, 3.63) is 49.4 Å². The summed E-state index contributed by atoms with van der Waals surface area (Å²) in [5, 5.41) is 0. The number of hydrogen-bond acceptors (Lipinski definition) is 2.